The number of fused-ring (bicyclic) bond motifs is 1. The van der Waals surface area contributed by atoms with E-state index in [1.807, 2.05) is 18.2 Å². The van der Waals surface area contributed by atoms with Gasteiger partial charge in [0.05, 0.1) is 19.6 Å². The van der Waals surface area contributed by atoms with E-state index in [0.717, 1.165) is 5.56 Å². The summed E-state index contributed by atoms with van der Waals surface area (Å²) in [6.45, 7) is 0.372. The largest absolute Gasteiger partial charge is 0.493 e. The highest BCUT2D eigenvalue weighted by Crippen LogP contribution is 2.27. The molecule has 6 nitrogen and oxygen atoms in total. The third-order valence-corrected chi connectivity index (χ3v) is 4.30. The van der Waals surface area contributed by atoms with Gasteiger partial charge in [0, 0.05) is 17.6 Å². The predicted octanol–water partition coefficient (Wildman–Crippen LogP) is 3.44. The molecule has 1 N–H and O–H groups in total. The second-order valence-electron chi connectivity index (χ2n) is 5.81. The lowest BCUT2D eigenvalue weighted by Crippen LogP contribution is -2.26. The van der Waals surface area contributed by atoms with E-state index >= 15 is 0 Å². The maximum Gasteiger partial charge on any atom is 0.287 e. The summed E-state index contributed by atoms with van der Waals surface area (Å²) >= 11 is 5.88. The van der Waals surface area contributed by atoms with E-state index < -0.39 is 5.91 Å². The Balaban J connectivity index is 1.68. The van der Waals surface area contributed by atoms with Crippen molar-refractivity contribution in [3.63, 3.8) is 0 Å². The molecule has 0 radical (unpaired) electrons. The molecule has 0 atom stereocenters. The minimum atomic E-state index is -0.454. The van der Waals surface area contributed by atoms with Crippen LogP contribution in [0.15, 0.2) is 51.7 Å². The zero-order valence-corrected chi connectivity index (χ0v) is 15.6. The molecule has 7 heteroatoms. The van der Waals surface area contributed by atoms with Gasteiger partial charge in [-0.15, -0.1) is 0 Å². The molecule has 140 valence electrons. The van der Waals surface area contributed by atoms with Crippen molar-refractivity contribution in [3.05, 3.63) is 69.0 Å². The summed E-state index contributed by atoms with van der Waals surface area (Å²) in [6.07, 6.45) is 0.583. The summed E-state index contributed by atoms with van der Waals surface area (Å²) in [4.78, 5) is 24.5. The fraction of sp³-hybridized carbons (Fsp3) is 0.200. The average molecular weight is 388 g/mol. The van der Waals surface area contributed by atoms with Crippen molar-refractivity contribution in [1.29, 1.82) is 0 Å². The van der Waals surface area contributed by atoms with Crippen LogP contribution in [0, 0.1) is 0 Å². The summed E-state index contributed by atoms with van der Waals surface area (Å²) in [7, 11) is 3.14. The number of hydrogen-bond acceptors (Lipinski definition) is 5. The molecule has 0 fully saturated rings. The molecule has 0 unspecified atom stereocenters. The van der Waals surface area contributed by atoms with Gasteiger partial charge in [-0.25, -0.2) is 0 Å². The summed E-state index contributed by atoms with van der Waals surface area (Å²) in [5, 5.41) is 3.52. The first kappa shape index (κ1) is 18.8. The van der Waals surface area contributed by atoms with Crippen LogP contribution in [0.4, 0.5) is 0 Å². The number of nitrogens with one attached hydrogen (secondary N) is 1. The van der Waals surface area contributed by atoms with Gasteiger partial charge in [-0.05, 0) is 42.3 Å². The molecule has 3 rings (SSSR count). The Kier molecular flexibility index (Phi) is 5.66. The minimum absolute atomic E-state index is 0.0397. The van der Waals surface area contributed by atoms with Crippen LogP contribution in [0.2, 0.25) is 5.02 Å². The van der Waals surface area contributed by atoms with Gasteiger partial charge in [0.2, 0.25) is 0 Å². The second kappa shape index (κ2) is 8.14. The molecule has 0 saturated carbocycles. The normalized spacial score (nSPS) is 10.6. The van der Waals surface area contributed by atoms with Crippen LogP contribution in [0.1, 0.15) is 16.1 Å². The number of benzene rings is 2. The van der Waals surface area contributed by atoms with Crippen LogP contribution in [0.5, 0.6) is 11.5 Å². The summed E-state index contributed by atoms with van der Waals surface area (Å²) in [6, 6.07) is 11.4. The Morgan fingerprint density at radius 1 is 1.07 bits per heavy atom. The maximum absolute atomic E-state index is 12.3. The second-order valence-corrected chi connectivity index (χ2v) is 6.25. The van der Waals surface area contributed by atoms with Crippen molar-refractivity contribution >= 4 is 28.5 Å². The number of hydrogen-bond donors (Lipinski definition) is 1. The van der Waals surface area contributed by atoms with Crippen LogP contribution in [0.3, 0.4) is 0 Å². The SMILES string of the molecule is COc1ccc(CCNC(=O)c2cc(=O)c3cc(Cl)ccc3o2)cc1OC. The molecule has 2 aromatic carbocycles. The van der Waals surface area contributed by atoms with Crippen molar-refractivity contribution in [3.8, 4) is 11.5 Å². The van der Waals surface area contributed by atoms with Gasteiger partial charge in [-0.3, -0.25) is 9.59 Å². The fourth-order valence-corrected chi connectivity index (χ4v) is 2.86. The monoisotopic (exact) mass is 387 g/mol. The predicted molar refractivity (Wildman–Crippen MR) is 103 cm³/mol. The molecule has 1 amide bonds. The summed E-state index contributed by atoms with van der Waals surface area (Å²) < 4.78 is 16.0. The fourth-order valence-electron chi connectivity index (χ4n) is 2.68. The lowest BCUT2D eigenvalue weighted by atomic mass is 10.1. The summed E-state index contributed by atoms with van der Waals surface area (Å²) in [5.74, 6) is 0.774. The zero-order valence-electron chi connectivity index (χ0n) is 14.9. The lowest BCUT2D eigenvalue weighted by molar-refractivity contribution is 0.0927. The number of amides is 1. The Morgan fingerprint density at radius 2 is 1.85 bits per heavy atom. The Labute approximate surface area is 160 Å². The highest BCUT2D eigenvalue weighted by Gasteiger charge is 2.12. The van der Waals surface area contributed by atoms with E-state index in [1.54, 1.807) is 26.4 Å². The quantitative estimate of drug-likeness (QED) is 0.701. The highest BCUT2D eigenvalue weighted by atomic mass is 35.5. The Morgan fingerprint density at radius 3 is 2.59 bits per heavy atom. The maximum atomic E-state index is 12.3. The first-order valence-electron chi connectivity index (χ1n) is 8.24. The molecule has 0 spiro atoms. The topological polar surface area (TPSA) is 77.8 Å². The van der Waals surface area contributed by atoms with E-state index in [2.05, 4.69) is 5.32 Å². The number of ether oxygens (including phenoxy) is 2. The number of carbonyl (C=O) groups is 1. The third kappa shape index (κ3) is 4.23. The van der Waals surface area contributed by atoms with Gasteiger partial charge in [-0.2, -0.15) is 0 Å². The number of carbonyl (C=O) groups excluding carboxylic acids is 1. The van der Waals surface area contributed by atoms with Gasteiger partial charge in [0.1, 0.15) is 5.58 Å². The minimum Gasteiger partial charge on any atom is -0.493 e. The van der Waals surface area contributed by atoms with Gasteiger partial charge in [-0.1, -0.05) is 17.7 Å². The molecule has 0 aliphatic heterocycles. The molecule has 1 heterocycles. The molecule has 1 aromatic heterocycles. The van der Waals surface area contributed by atoms with Crippen LogP contribution >= 0.6 is 11.6 Å². The molecule has 27 heavy (non-hydrogen) atoms. The molecule has 0 aliphatic carbocycles. The third-order valence-electron chi connectivity index (χ3n) is 4.06. The van der Waals surface area contributed by atoms with E-state index in [1.165, 1.54) is 12.1 Å². The van der Waals surface area contributed by atoms with Crippen LogP contribution < -0.4 is 20.2 Å². The van der Waals surface area contributed by atoms with Crippen molar-refractivity contribution in [2.24, 2.45) is 0 Å². The van der Waals surface area contributed by atoms with E-state index in [0.29, 0.717) is 40.5 Å². The Hall–Kier alpha value is -2.99. The molecule has 0 bridgehead atoms. The standard InChI is InChI=1S/C20H18ClNO5/c1-25-17-5-3-12(9-18(17)26-2)7-8-22-20(24)19-11-15(23)14-10-13(21)4-6-16(14)27-19/h3-6,9-11H,7-8H2,1-2H3,(H,22,24). The van der Waals surface area contributed by atoms with Crippen molar-refractivity contribution in [1.82, 2.24) is 5.32 Å². The van der Waals surface area contributed by atoms with E-state index in [-0.39, 0.29) is 11.2 Å². The zero-order chi connectivity index (χ0) is 19.4. The van der Waals surface area contributed by atoms with Gasteiger partial charge in [0.25, 0.3) is 5.91 Å². The molecular weight excluding hydrogens is 370 g/mol. The van der Waals surface area contributed by atoms with Gasteiger partial charge >= 0.3 is 0 Å². The lowest BCUT2D eigenvalue weighted by Gasteiger charge is -2.10. The number of methoxy groups -OCH3 is 2. The van der Waals surface area contributed by atoms with Crippen molar-refractivity contribution in [2.75, 3.05) is 20.8 Å². The van der Waals surface area contributed by atoms with E-state index in [4.69, 9.17) is 25.5 Å². The van der Waals surface area contributed by atoms with Crippen LogP contribution in [0.25, 0.3) is 11.0 Å². The van der Waals surface area contributed by atoms with Crippen molar-refractivity contribution in [2.45, 2.75) is 6.42 Å². The highest BCUT2D eigenvalue weighted by molar-refractivity contribution is 6.31. The molecular formula is C20H18ClNO5. The van der Waals surface area contributed by atoms with Gasteiger partial charge in [0.15, 0.2) is 22.7 Å². The molecule has 0 aliphatic rings. The Bertz CT molecular complexity index is 1040. The van der Waals surface area contributed by atoms with E-state index in [9.17, 15) is 9.59 Å². The van der Waals surface area contributed by atoms with Gasteiger partial charge < -0.3 is 19.2 Å². The summed E-state index contributed by atoms with van der Waals surface area (Å²) in [5.41, 5.74) is 0.975. The first-order valence-corrected chi connectivity index (χ1v) is 8.62. The molecule has 3 aromatic rings. The molecule has 0 saturated heterocycles. The number of halogens is 1. The smallest absolute Gasteiger partial charge is 0.287 e. The average Bonchev–Trinajstić information content (AvgIpc) is 2.68. The van der Waals surface area contributed by atoms with Crippen LogP contribution in [-0.4, -0.2) is 26.7 Å². The first-order chi connectivity index (χ1) is 13.0. The van der Waals surface area contributed by atoms with Crippen LogP contribution in [-0.2, 0) is 6.42 Å². The number of rotatable bonds is 6. The van der Waals surface area contributed by atoms with Crippen molar-refractivity contribution < 1.29 is 18.7 Å².